The highest BCUT2D eigenvalue weighted by molar-refractivity contribution is 5.71. The Morgan fingerprint density at radius 3 is 3.04 bits per heavy atom. The van der Waals surface area contributed by atoms with E-state index in [9.17, 15) is 4.79 Å². The maximum absolute atomic E-state index is 12.4. The van der Waals surface area contributed by atoms with Gasteiger partial charge in [0, 0.05) is 25.8 Å². The average molecular weight is 353 g/mol. The lowest BCUT2D eigenvalue weighted by Gasteiger charge is -2.10. The first-order valence-corrected chi connectivity index (χ1v) is 8.89. The maximum Gasteiger partial charge on any atom is 0.328 e. The fraction of sp³-hybridized carbons (Fsp3) is 0.389. The Morgan fingerprint density at radius 2 is 2.23 bits per heavy atom. The van der Waals surface area contributed by atoms with Crippen LogP contribution in [0.2, 0.25) is 0 Å². The van der Waals surface area contributed by atoms with Gasteiger partial charge < -0.3 is 20.9 Å². The molecule has 1 atom stereocenters. The van der Waals surface area contributed by atoms with Gasteiger partial charge in [0.2, 0.25) is 5.95 Å². The van der Waals surface area contributed by atoms with E-state index in [1.165, 1.54) is 0 Å². The molecule has 4 N–H and O–H groups in total. The van der Waals surface area contributed by atoms with E-state index < -0.39 is 0 Å². The van der Waals surface area contributed by atoms with E-state index in [2.05, 4.69) is 30.9 Å². The second kappa shape index (κ2) is 7.27. The highest BCUT2D eigenvalue weighted by Gasteiger charge is 2.14. The number of aryl methyl sites for hydroxylation is 1. The molecular weight excluding hydrogens is 330 g/mol. The van der Waals surface area contributed by atoms with Gasteiger partial charge in [-0.3, -0.25) is 4.57 Å². The van der Waals surface area contributed by atoms with Crippen molar-refractivity contribution in [2.24, 2.45) is 0 Å². The first-order valence-electron chi connectivity index (χ1n) is 8.89. The van der Waals surface area contributed by atoms with Crippen molar-refractivity contribution >= 4 is 17.1 Å². The lowest BCUT2D eigenvalue weighted by atomic mass is 10.1. The minimum absolute atomic E-state index is 0.170. The van der Waals surface area contributed by atoms with Gasteiger partial charge in [-0.15, -0.1) is 0 Å². The normalized spacial score (nSPS) is 17.0. The lowest BCUT2D eigenvalue weighted by Crippen LogP contribution is -2.26. The van der Waals surface area contributed by atoms with E-state index >= 15 is 0 Å². The highest BCUT2D eigenvalue weighted by atomic mass is 16.1. The molecular formula is C18H23N7O. The number of anilines is 1. The number of fused-ring (bicyclic) bond motifs is 1. The largest absolute Gasteiger partial charge is 0.354 e. The molecule has 1 unspecified atom stereocenters. The van der Waals surface area contributed by atoms with Crippen LogP contribution in [-0.4, -0.2) is 45.3 Å². The first-order chi connectivity index (χ1) is 12.7. The maximum atomic E-state index is 12.4. The number of hydrogen-bond donors (Lipinski definition) is 4. The zero-order chi connectivity index (χ0) is 17.9. The molecule has 0 radical (unpaired) electrons. The molecule has 0 amide bonds. The van der Waals surface area contributed by atoms with Crippen LogP contribution in [0.1, 0.15) is 17.5 Å². The minimum Gasteiger partial charge on any atom is -0.354 e. The molecule has 8 nitrogen and oxygen atoms in total. The van der Waals surface area contributed by atoms with Crippen LogP contribution in [0.4, 0.5) is 5.95 Å². The molecule has 0 saturated carbocycles. The summed E-state index contributed by atoms with van der Waals surface area (Å²) in [5.74, 6) is 0.543. The van der Waals surface area contributed by atoms with Crippen LogP contribution in [-0.2, 0) is 6.54 Å². The summed E-state index contributed by atoms with van der Waals surface area (Å²) in [6.45, 7) is 5.15. The minimum atomic E-state index is -0.170. The zero-order valence-electron chi connectivity index (χ0n) is 14.7. The van der Waals surface area contributed by atoms with Gasteiger partial charge in [0.1, 0.15) is 5.52 Å². The molecule has 1 fully saturated rings. The molecule has 2 aromatic heterocycles. The fourth-order valence-electron chi connectivity index (χ4n) is 3.23. The van der Waals surface area contributed by atoms with Crippen molar-refractivity contribution in [2.75, 3.05) is 25.1 Å². The standard InChI is InChI=1S/C18H23N7O/c1-12-4-2-3-5-13(12)10-25-16-15(23-18(25)26)9-21-17(24-16)20-7-6-14-8-19-11-22-14/h2-5,9,14,19,22H,6-8,10-11H2,1H3,(H,23,26)(H,20,21,24). The molecule has 136 valence electrons. The number of aromatic nitrogens is 4. The van der Waals surface area contributed by atoms with Gasteiger partial charge in [0.15, 0.2) is 5.65 Å². The third-order valence-electron chi connectivity index (χ3n) is 4.78. The Kier molecular flexibility index (Phi) is 4.68. The van der Waals surface area contributed by atoms with E-state index in [1.54, 1.807) is 10.8 Å². The zero-order valence-corrected chi connectivity index (χ0v) is 14.7. The molecule has 1 aliphatic rings. The summed E-state index contributed by atoms with van der Waals surface area (Å²) >= 11 is 0. The number of nitrogens with one attached hydrogen (secondary N) is 4. The summed E-state index contributed by atoms with van der Waals surface area (Å²) in [6, 6.07) is 8.52. The van der Waals surface area contributed by atoms with Crippen molar-refractivity contribution in [2.45, 2.75) is 25.9 Å². The number of aromatic amines is 1. The number of hydrogen-bond acceptors (Lipinski definition) is 6. The Bertz CT molecular complexity index is 956. The topological polar surface area (TPSA) is 99.7 Å². The molecule has 1 aromatic carbocycles. The van der Waals surface area contributed by atoms with Crippen LogP contribution < -0.4 is 21.6 Å². The monoisotopic (exact) mass is 353 g/mol. The van der Waals surface area contributed by atoms with Crippen LogP contribution in [0.3, 0.4) is 0 Å². The first kappa shape index (κ1) is 16.7. The lowest BCUT2D eigenvalue weighted by molar-refractivity contribution is 0.597. The van der Waals surface area contributed by atoms with Crippen LogP contribution >= 0.6 is 0 Å². The van der Waals surface area contributed by atoms with Crippen LogP contribution in [0.5, 0.6) is 0 Å². The molecule has 1 saturated heterocycles. The Morgan fingerprint density at radius 1 is 1.35 bits per heavy atom. The third kappa shape index (κ3) is 3.47. The van der Waals surface area contributed by atoms with Crippen LogP contribution in [0.25, 0.3) is 11.2 Å². The molecule has 3 heterocycles. The number of H-pyrrole nitrogens is 1. The van der Waals surface area contributed by atoms with Gasteiger partial charge in [-0.2, -0.15) is 4.98 Å². The van der Waals surface area contributed by atoms with Crippen molar-refractivity contribution in [3.8, 4) is 0 Å². The molecule has 26 heavy (non-hydrogen) atoms. The molecule has 8 heteroatoms. The van der Waals surface area contributed by atoms with Crippen LogP contribution in [0.15, 0.2) is 35.3 Å². The average Bonchev–Trinajstić information content (AvgIpc) is 3.25. The van der Waals surface area contributed by atoms with Crippen molar-refractivity contribution in [3.05, 3.63) is 52.1 Å². The molecule has 0 aliphatic carbocycles. The van der Waals surface area contributed by atoms with E-state index in [0.29, 0.717) is 29.7 Å². The third-order valence-corrected chi connectivity index (χ3v) is 4.78. The second-order valence-corrected chi connectivity index (χ2v) is 6.62. The van der Waals surface area contributed by atoms with E-state index in [1.807, 2.05) is 31.2 Å². The van der Waals surface area contributed by atoms with Gasteiger partial charge in [-0.25, -0.2) is 9.78 Å². The summed E-state index contributed by atoms with van der Waals surface area (Å²) in [5.41, 5.74) is 3.35. The van der Waals surface area contributed by atoms with Gasteiger partial charge in [-0.05, 0) is 24.5 Å². The van der Waals surface area contributed by atoms with Crippen molar-refractivity contribution in [1.82, 2.24) is 30.2 Å². The van der Waals surface area contributed by atoms with Gasteiger partial charge >= 0.3 is 5.69 Å². The Hall–Kier alpha value is -2.71. The van der Waals surface area contributed by atoms with Gasteiger partial charge in [0.05, 0.1) is 12.7 Å². The molecule has 0 spiro atoms. The fourth-order valence-corrected chi connectivity index (χ4v) is 3.23. The number of imidazole rings is 1. The predicted octanol–water partition coefficient (Wildman–Crippen LogP) is 0.797. The number of rotatable bonds is 6. The summed E-state index contributed by atoms with van der Waals surface area (Å²) < 4.78 is 1.66. The quantitative estimate of drug-likeness (QED) is 0.523. The predicted molar refractivity (Wildman–Crippen MR) is 101 cm³/mol. The van der Waals surface area contributed by atoms with E-state index in [0.717, 1.165) is 37.3 Å². The van der Waals surface area contributed by atoms with Crippen molar-refractivity contribution < 1.29 is 0 Å². The van der Waals surface area contributed by atoms with E-state index in [4.69, 9.17) is 0 Å². The summed E-state index contributed by atoms with van der Waals surface area (Å²) in [7, 11) is 0. The van der Waals surface area contributed by atoms with Gasteiger partial charge in [0.25, 0.3) is 0 Å². The van der Waals surface area contributed by atoms with Gasteiger partial charge in [-0.1, -0.05) is 24.3 Å². The molecule has 3 aromatic rings. The Labute approximate surface area is 151 Å². The molecule has 4 rings (SSSR count). The smallest absolute Gasteiger partial charge is 0.328 e. The van der Waals surface area contributed by atoms with Crippen molar-refractivity contribution in [3.63, 3.8) is 0 Å². The van der Waals surface area contributed by atoms with E-state index in [-0.39, 0.29) is 5.69 Å². The summed E-state index contributed by atoms with van der Waals surface area (Å²) in [6.07, 6.45) is 2.65. The molecule has 0 bridgehead atoms. The van der Waals surface area contributed by atoms with Crippen LogP contribution in [0, 0.1) is 6.92 Å². The number of nitrogens with zero attached hydrogens (tertiary/aromatic N) is 3. The summed E-state index contributed by atoms with van der Waals surface area (Å²) in [4.78, 5) is 24.1. The highest BCUT2D eigenvalue weighted by Crippen LogP contribution is 2.13. The SMILES string of the molecule is Cc1ccccc1Cn1c(=O)[nH]c2cnc(NCCC3CNCN3)nc21. The molecule has 1 aliphatic heterocycles. The summed E-state index contributed by atoms with van der Waals surface area (Å²) in [5, 5.41) is 9.90. The number of benzene rings is 1. The second-order valence-electron chi connectivity index (χ2n) is 6.62. The van der Waals surface area contributed by atoms with Crippen molar-refractivity contribution in [1.29, 1.82) is 0 Å². The Balaban J connectivity index is 1.54.